The van der Waals surface area contributed by atoms with E-state index in [1.807, 2.05) is 41.9 Å². The van der Waals surface area contributed by atoms with Crippen LogP contribution in [0.15, 0.2) is 36.5 Å². The molecule has 1 aliphatic heterocycles. The molecule has 2 aromatic heterocycles. The van der Waals surface area contributed by atoms with Crippen molar-refractivity contribution in [3.63, 3.8) is 0 Å². The van der Waals surface area contributed by atoms with Gasteiger partial charge in [0.1, 0.15) is 11.6 Å². The summed E-state index contributed by atoms with van der Waals surface area (Å²) in [7, 11) is 1.99. The maximum atomic E-state index is 10.2. The second-order valence-electron chi connectivity index (χ2n) is 6.78. The number of hydrogen-bond donors (Lipinski definition) is 1. The molecule has 1 saturated heterocycles. The maximum absolute atomic E-state index is 10.2. The van der Waals surface area contributed by atoms with Gasteiger partial charge in [-0.15, -0.1) is 0 Å². The van der Waals surface area contributed by atoms with Gasteiger partial charge in [0.15, 0.2) is 0 Å². The lowest BCUT2D eigenvalue weighted by atomic mass is 9.96. The number of aliphatic hydroxyl groups is 1. The number of imidazole rings is 1. The van der Waals surface area contributed by atoms with Crippen LogP contribution in [0.3, 0.4) is 0 Å². The van der Waals surface area contributed by atoms with E-state index >= 15 is 0 Å². The van der Waals surface area contributed by atoms with Crippen molar-refractivity contribution >= 4 is 28.5 Å². The lowest BCUT2D eigenvalue weighted by Crippen LogP contribution is -2.43. The van der Waals surface area contributed by atoms with Crippen LogP contribution < -0.4 is 4.90 Å². The van der Waals surface area contributed by atoms with Gasteiger partial charge in [0.05, 0.1) is 22.2 Å². The Morgan fingerprint density at radius 2 is 2.08 bits per heavy atom. The molecule has 3 aromatic rings. The van der Waals surface area contributed by atoms with Crippen molar-refractivity contribution in [3.05, 3.63) is 41.6 Å². The molecule has 0 amide bonds. The van der Waals surface area contributed by atoms with Crippen LogP contribution in [-0.4, -0.2) is 38.8 Å². The van der Waals surface area contributed by atoms with Crippen molar-refractivity contribution in [1.82, 2.24) is 14.5 Å². The number of para-hydroxylation sites is 2. The van der Waals surface area contributed by atoms with Gasteiger partial charge in [-0.1, -0.05) is 30.7 Å². The molecule has 1 N–H and O–H groups in total. The standard InChI is InChI=1S/C19H21ClN4O/c1-12-7-8-24(11-17(12)25)18-9-13(14(20)10-21-18)19-22-15-5-3-4-6-16(15)23(19)2/h3-6,9-10,12,17,25H,7-8,11H2,1-2H3/t12-,17-/m1/s1. The van der Waals surface area contributed by atoms with Crippen LogP contribution in [0.1, 0.15) is 13.3 Å². The third-order valence-corrected chi connectivity index (χ3v) is 5.41. The quantitative estimate of drug-likeness (QED) is 0.763. The van der Waals surface area contributed by atoms with Crippen LogP contribution >= 0.6 is 11.6 Å². The predicted octanol–water partition coefficient (Wildman–Crippen LogP) is 3.50. The molecule has 5 nitrogen and oxygen atoms in total. The molecule has 3 heterocycles. The van der Waals surface area contributed by atoms with Gasteiger partial charge >= 0.3 is 0 Å². The minimum absolute atomic E-state index is 0.322. The topological polar surface area (TPSA) is 54.2 Å². The molecule has 0 radical (unpaired) electrons. The smallest absolute Gasteiger partial charge is 0.142 e. The highest BCUT2D eigenvalue weighted by atomic mass is 35.5. The molecule has 6 heteroatoms. The molecular formula is C19H21ClN4O. The van der Waals surface area contributed by atoms with Crippen LogP contribution in [0.5, 0.6) is 0 Å². The number of fused-ring (bicyclic) bond motifs is 1. The fourth-order valence-corrected chi connectivity index (χ4v) is 3.60. The molecule has 0 spiro atoms. The maximum Gasteiger partial charge on any atom is 0.142 e. The predicted molar refractivity (Wildman–Crippen MR) is 101 cm³/mol. The van der Waals surface area contributed by atoms with E-state index in [1.165, 1.54) is 0 Å². The zero-order valence-corrected chi connectivity index (χ0v) is 15.1. The Hall–Kier alpha value is -2.11. The highest BCUT2D eigenvalue weighted by Crippen LogP contribution is 2.32. The second-order valence-corrected chi connectivity index (χ2v) is 7.19. The summed E-state index contributed by atoms with van der Waals surface area (Å²) < 4.78 is 2.05. The van der Waals surface area contributed by atoms with E-state index in [-0.39, 0.29) is 6.10 Å². The summed E-state index contributed by atoms with van der Waals surface area (Å²) in [5, 5.41) is 10.8. The number of halogens is 1. The first-order valence-electron chi connectivity index (χ1n) is 8.55. The van der Waals surface area contributed by atoms with Gasteiger partial charge in [0.25, 0.3) is 0 Å². The molecule has 2 atom stereocenters. The first-order valence-corrected chi connectivity index (χ1v) is 8.93. The monoisotopic (exact) mass is 356 g/mol. The number of aliphatic hydroxyl groups excluding tert-OH is 1. The number of aromatic nitrogens is 3. The average Bonchev–Trinajstić information content (AvgIpc) is 2.95. The molecule has 1 aromatic carbocycles. The zero-order valence-electron chi connectivity index (χ0n) is 14.4. The zero-order chi connectivity index (χ0) is 17.6. The van der Waals surface area contributed by atoms with Gasteiger partial charge in [0.2, 0.25) is 0 Å². The van der Waals surface area contributed by atoms with E-state index in [2.05, 4.69) is 16.8 Å². The Bertz CT molecular complexity index is 923. The van der Waals surface area contributed by atoms with E-state index < -0.39 is 0 Å². The number of aryl methyl sites for hydroxylation is 1. The van der Waals surface area contributed by atoms with Crippen LogP contribution in [0.2, 0.25) is 5.02 Å². The van der Waals surface area contributed by atoms with E-state index in [1.54, 1.807) is 6.20 Å². The Morgan fingerprint density at radius 3 is 2.84 bits per heavy atom. The van der Waals surface area contributed by atoms with Crippen LogP contribution in [0, 0.1) is 5.92 Å². The molecule has 0 unspecified atom stereocenters. The molecule has 0 aliphatic carbocycles. The second kappa shape index (κ2) is 6.32. The first-order chi connectivity index (χ1) is 12.0. The summed E-state index contributed by atoms with van der Waals surface area (Å²) in [6.07, 6.45) is 2.30. The summed E-state index contributed by atoms with van der Waals surface area (Å²) in [5.74, 6) is 1.97. The number of rotatable bonds is 2. The van der Waals surface area contributed by atoms with Gasteiger partial charge in [-0.05, 0) is 30.5 Å². The van der Waals surface area contributed by atoms with Crippen molar-refractivity contribution in [2.75, 3.05) is 18.0 Å². The van der Waals surface area contributed by atoms with Crippen molar-refractivity contribution < 1.29 is 5.11 Å². The van der Waals surface area contributed by atoms with Crippen LogP contribution in [0.4, 0.5) is 5.82 Å². The molecule has 4 rings (SSSR count). The molecule has 0 saturated carbocycles. The Labute approximate surface area is 151 Å². The minimum Gasteiger partial charge on any atom is -0.391 e. The van der Waals surface area contributed by atoms with Gasteiger partial charge in [0, 0.05) is 31.9 Å². The van der Waals surface area contributed by atoms with Gasteiger partial charge in [-0.3, -0.25) is 0 Å². The summed E-state index contributed by atoms with van der Waals surface area (Å²) >= 11 is 6.44. The summed E-state index contributed by atoms with van der Waals surface area (Å²) in [6.45, 7) is 3.56. The fraction of sp³-hybridized carbons (Fsp3) is 0.368. The SMILES string of the molecule is C[C@@H]1CCN(c2cc(-c3nc4ccccc4n3C)c(Cl)cn2)C[C@H]1O. The number of benzene rings is 1. The van der Waals surface area contributed by atoms with Crippen molar-refractivity contribution in [2.45, 2.75) is 19.4 Å². The third kappa shape index (κ3) is 2.87. The first kappa shape index (κ1) is 16.4. The van der Waals surface area contributed by atoms with Gasteiger partial charge in [-0.25, -0.2) is 9.97 Å². The highest BCUT2D eigenvalue weighted by Gasteiger charge is 2.26. The summed E-state index contributed by atoms with van der Waals surface area (Å²) in [4.78, 5) is 11.3. The normalized spacial score (nSPS) is 21.0. The fourth-order valence-electron chi connectivity index (χ4n) is 3.42. The average molecular weight is 357 g/mol. The molecule has 0 bridgehead atoms. The number of nitrogens with zero attached hydrogens (tertiary/aromatic N) is 4. The Morgan fingerprint density at radius 1 is 1.28 bits per heavy atom. The third-order valence-electron chi connectivity index (χ3n) is 5.11. The van der Waals surface area contributed by atoms with E-state index in [0.717, 1.165) is 41.2 Å². The molecule has 1 fully saturated rings. The number of piperidine rings is 1. The Kier molecular flexibility index (Phi) is 4.13. The summed E-state index contributed by atoms with van der Waals surface area (Å²) in [5.41, 5.74) is 2.87. The highest BCUT2D eigenvalue weighted by molar-refractivity contribution is 6.33. The van der Waals surface area contributed by atoms with Crippen LogP contribution in [-0.2, 0) is 7.05 Å². The van der Waals surface area contributed by atoms with Crippen molar-refractivity contribution in [2.24, 2.45) is 13.0 Å². The van der Waals surface area contributed by atoms with Gasteiger partial charge < -0.3 is 14.6 Å². The summed E-state index contributed by atoms with van der Waals surface area (Å²) in [6, 6.07) is 10.0. The number of β-amino-alcohol motifs (C(OH)–C–C–N with tert-alkyl or cyclic N) is 1. The molecule has 25 heavy (non-hydrogen) atoms. The number of hydrogen-bond acceptors (Lipinski definition) is 4. The minimum atomic E-state index is -0.328. The molecule has 130 valence electrons. The van der Waals surface area contributed by atoms with Crippen molar-refractivity contribution in [1.29, 1.82) is 0 Å². The van der Waals surface area contributed by atoms with E-state index in [0.29, 0.717) is 17.5 Å². The van der Waals surface area contributed by atoms with E-state index in [4.69, 9.17) is 16.6 Å². The lowest BCUT2D eigenvalue weighted by Gasteiger charge is -2.35. The number of pyridine rings is 1. The largest absolute Gasteiger partial charge is 0.391 e. The molecule has 1 aliphatic rings. The van der Waals surface area contributed by atoms with Crippen molar-refractivity contribution in [3.8, 4) is 11.4 Å². The lowest BCUT2D eigenvalue weighted by molar-refractivity contribution is 0.102. The Balaban J connectivity index is 1.76. The van der Waals surface area contributed by atoms with Crippen LogP contribution in [0.25, 0.3) is 22.4 Å². The van der Waals surface area contributed by atoms with Gasteiger partial charge in [-0.2, -0.15) is 0 Å². The molecular weight excluding hydrogens is 336 g/mol. The number of anilines is 1. The van der Waals surface area contributed by atoms with E-state index in [9.17, 15) is 5.11 Å².